The van der Waals surface area contributed by atoms with Crippen LogP contribution in [0.5, 0.6) is 17.2 Å². The molecule has 5 N–H and O–H groups in total. The number of Topliss-reactive ketones (excluding diaryl/α,β-unsaturated/α-hetero) is 2. The van der Waals surface area contributed by atoms with E-state index >= 15 is 0 Å². The highest BCUT2D eigenvalue weighted by molar-refractivity contribution is 8.76. The van der Waals surface area contributed by atoms with Gasteiger partial charge < -0.3 is 30.1 Å². The van der Waals surface area contributed by atoms with Crippen LogP contribution in [0.2, 0.25) is 0 Å². The van der Waals surface area contributed by atoms with Gasteiger partial charge in [-0.2, -0.15) is 0 Å². The Morgan fingerprint density at radius 3 is 2.52 bits per heavy atom. The van der Waals surface area contributed by atoms with E-state index in [0.717, 1.165) is 89.3 Å². The highest BCUT2D eigenvalue weighted by Crippen LogP contribution is 2.46. The van der Waals surface area contributed by atoms with E-state index in [1.54, 1.807) is 36.1 Å². The second-order valence-electron chi connectivity index (χ2n) is 14.4. The quantitative estimate of drug-likeness (QED) is 0.0780. The SMILES string of the molecule is COc1c(O)ccc2c1-c1ccc3ccc(O)cc3c1CSSCCCC[C@@H](O[C@H](NC1CCCC1)c1ccc(NCC(C)=O)c(CO)c1)CC(=O)CC2. The molecule has 1 aliphatic heterocycles. The van der Waals surface area contributed by atoms with Gasteiger partial charge in [0.1, 0.15) is 23.5 Å². The fourth-order valence-corrected chi connectivity index (χ4v) is 9.90. The maximum Gasteiger partial charge on any atom is 0.168 e. The molecule has 2 aliphatic rings. The van der Waals surface area contributed by atoms with Crippen LogP contribution in [0.15, 0.2) is 60.7 Å². The van der Waals surface area contributed by atoms with Crippen molar-refractivity contribution in [3.05, 3.63) is 82.9 Å². The average molecular weight is 773 g/mol. The Labute approximate surface area is 326 Å². The second-order valence-corrected chi connectivity index (χ2v) is 17.0. The van der Waals surface area contributed by atoms with Crippen molar-refractivity contribution >= 4 is 49.6 Å². The van der Waals surface area contributed by atoms with E-state index in [4.69, 9.17) is 9.47 Å². The predicted octanol–water partition coefficient (Wildman–Crippen LogP) is 8.99. The van der Waals surface area contributed by atoms with Crippen molar-refractivity contribution in [2.75, 3.05) is 24.7 Å². The molecule has 0 unspecified atom stereocenters. The number of methoxy groups -OCH3 is 1. The van der Waals surface area contributed by atoms with Crippen molar-refractivity contribution in [1.29, 1.82) is 0 Å². The summed E-state index contributed by atoms with van der Waals surface area (Å²) in [7, 11) is 5.13. The minimum atomic E-state index is -0.465. The van der Waals surface area contributed by atoms with Crippen molar-refractivity contribution in [1.82, 2.24) is 5.32 Å². The number of nitrogens with one attached hydrogen (secondary N) is 2. The Bertz CT molecular complexity index is 1930. The summed E-state index contributed by atoms with van der Waals surface area (Å²) in [4.78, 5) is 25.6. The Kier molecular flexibility index (Phi) is 14.2. The van der Waals surface area contributed by atoms with Gasteiger partial charge in [-0.25, -0.2) is 0 Å². The Morgan fingerprint density at radius 1 is 0.944 bits per heavy atom. The molecule has 0 spiro atoms. The van der Waals surface area contributed by atoms with Crippen LogP contribution in [-0.2, 0) is 33.1 Å². The van der Waals surface area contributed by atoms with Crippen LogP contribution in [0.3, 0.4) is 0 Å². The Balaban J connectivity index is 1.29. The number of hydrogen-bond acceptors (Lipinski definition) is 11. The molecule has 54 heavy (non-hydrogen) atoms. The summed E-state index contributed by atoms with van der Waals surface area (Å²) in [5.41, 5.74) is 5.90. The van der Waals surface area contributed by atoms with Gasteiger partial charge >= 0.3 is 0 Å². The van der Waals surface area contributed by atoms with E-state index in [-0.39, 0.29) is 48.7 Å². The monoisotopic (exact) mass is 772 g/mol. The molecule has 9 nitrogen and oxygen atoms in total. The van der Waals surface area contributed by atoms with Gasteiger partial charge in [0.15, 0.2) is 11.5 Å². The fourth-order valence-electron chi connectivity index (χ4n) is 7.64. The van der Waals surface area contributed by atoms with E-state index in [9.17, 15) is 24.9 Å². The lowest BCUT2D eigenvalue weighted by Crippen LogP contribution is -2.35. The molecule has 1 heterocycles. The number of fused-ring (bicyclic) bond motifs is 5. The molecule has 0 aromatic heterocycles. The van der Waals surface area contributed by atoms with Crippen LogP contribution < -0.4 is 15.4 Å². The van der Waals surface area contributed by atoms with Crippen molar-refractivity contribution in [3.8, 4) is 28.4 Å². The van der Waals surface area contributed by atoms with Crippen LogP contribution in [0, 0.1) is 0 Å². The molecule has 4 aromatic rings. The van der Waals surface area contributed by atoms with Crippen LogP contribution >= 0.6 is 21.6 Å². The first-order valence-corrected chi connectivity index (χ1v) is 21.5. The largest absolute Gasteiger partial charge is 0.508 e. The van der Waals surface area contributed by atoms with Crippen molar-refractivity contribution < 1.29 is 34.4 Å². The maximum absolute atomic E-state index is 13.9. The van der Waals surface area contributed by atoms with Crippen LogP contribution in [-0.4, -0.2) is 58.4 Å². The number of ketones is 2. The van der Waals surface area contributed by atoms with Gasteiger partial charge in [-0.05, 0) is 102 Å². The van der Waals surface area contributed by atoms with Gasteiger partial charge in [0.25, 0.3) is 0 Å². The number of carbonyl (C=O) groups excluding carboxylic acids is 2. The average Bonchev–Trinajstić information content (AvgIpc) is 3.68. The van der Waals surface area contributed by atoms with Crippen molar-refractivity contribution in [2.45, 2.75) is 102 Å². The third-order valence-electron chi connectivity index (χ3n) is 10.4. The number of ether oxygens (including phenoxy) is 2. The number of hydrogen-bond donors (Lipinski definition) is 5. The smallest absolute Gasteiger partial charge is 0.168 e. The first-order chi connectivity index (χ1) is 26.2. The van der Waals surface area contributed by atoms with Gasteiger partial charge in [-0.15, -0.1) is 0 Å². The standard InChI is InChI=1S/C43H52N2O7S2/c1-27(47)24-44-39-18-13-30(21-31(39)25-46)43(45-32-7-3-4-8-32)52-35-9-5-6-20-53-54-26-38-36(17-12-28-10-15-34(49)23-37(28)38)41-29(11-16-33(48)22-35)14-19-40(50)42(41)51-2/h10,12-15,17-19,21,23,32,35,43-46,49-50H,3-9,11,16,20,22,24-26H2,1-2H3/t35-,43+/m1/s1. The number of aryl methyl sites for hydroxylation is 1. The number of aliphatic hydroxyl groups excluding tert-OH is 1. The van der Waals surface area contributed by atoms with Gasteiger partial charge in [-0.3, -0.25) is 14.9 Å². The zero-order valence-corrected chi connectivity index (χ0v) is 32.8. The molecule has 0 amide bonds. The van der Waals surface area contributed by atoms with Crippen molar-refractivity contribution in [2.24, 2.45) is 0 Å². The molecule has 2 atom stereocenters. The number of phenolic OH excluding ortho intramolecular Hbond substituents is 2. The van der Waals surface area contributed by atoms with E-state index in [1.807, 2.05) is 47.2 Å². The minimum absolute atomic E-state index is 0.00843. The molecular weight excluding hydrogens is 721 g/mol. The van der Waals surface area contributed by atoms with Gasteiger partial charge in [0, 0.05) is 47.2 Å². The molecule has 1 fully saturated rings. The summed E-state index contributed by atoms with van der Waals surface area (Å²) in [5.74, 6) is 2.30. The van der Waals surface area contributed by atoms with Crippen LogP contribution in [0.4, 0.5) is 5.69 Å². The summed E-state index contributed by atoms with van der Waals surface area (Å²) in [5, 5.41) is 40.5. The van der Waals surface area contributed by atoms with E-state index in [1.165, 1.54) is 6.92 Å². The molecule has 1 saturated carbocycles. The third-order valence-corrected chi connectivity index (χ3v) is 12.8. The number of rotatable bonds is 10. The zero-order valence-electron chi connectivity index (χ0n) is 31.2. The third kappa shape index (κ3) is 10.1. The highest BCUT2D eigenvalue weighted by atomic mass is 33.1. The second kappa shape index (κ2) is 19.2. The lowest BCUT2D eigenvalue weighted by atomic mass is 9.89. The number of phenols is 2. The van der Waals surface area contributed by atoms with E-state index in [2.05, 4.69) is 16.7 Å². The topological polar surface area (TPSA) is 137 Å². The number of anilines is 1. The van der Waals surface area contributed by atoms with Crippen LogP contribution in [0.25, 0.3) is 21.9 Å². The summed E-state index contributed by atoms with van der Waals surface area (Å²) < 4.78 is 12.7. The van der Waals surface area contributed by atoms with Gasteiger partial charge in [0.05, 0.1) is 26.4 Å². The molecule has 0 radical (unpaired) electrons. The molecule has 0 bridgehead atoms. The molecule has 0 saturated heterocycles. The molecule has 4 aromatic carbocycles. The zero-order chi connectivity index (χ0) is 38.0. The number of carbonyl (C=O) groups is 2. The molecule has 1 aliphatic carbocycles. The maximum atomic E-state index is 13.9. The molecular formula is C43H52N2O7S2. The summed E-state index contributed by atoms with van der Waals surface area (Å²) >= 11 is 0. The van der Waals surface area contributed by atoms with Gasteiger partial charge in [-0.1, -0.05) is 71.2 Å². The number of benzene rings is 4. The Morgan fingerprint density at radius 2 is 1.74 bits per heavy atom. The predicted molar refractivity (Wildman–Crippen MR) is 219 cm³/mol. The minimum Gasteiger partial charge on any atom is -0.508 e. The first kappa shape index (κ1) is 39.9. The van der Waals surface area contributed by atoms with Crippen molar-refractivity contribution in [3.63, 3.8) is 0 Å². The highest BCUT2D eigenvalue weighted by Gasteiger charge is 2.27. The number of aromatic hydroxyl groups is 2. The summed E-state index contributed by atoms with van der Waals surface area (Å²) in [6.45, 7) is 1.52. The lowest BCUT2D eigenvalue weighted by molar-refractivity contribution is -0.124. The summed E-state index contributed by atoms with van der Waals surface area (Å²) in [6.07, 6.45) is 7.26. The van der Waals surface area contributed by atoms with E-state index in [0.29, 0.717) is 41.6 Å². The lowest BCUT2D eigenvalue weighted by Gasteiger charge is -2.29. The first-order valence-electron chi connectivity index (χ1n) is 19.0. The molecule has 11 heteroatoms. The molecule has 288 valence electrons. The fraction of sp³-hybridized carbons (Fsp3) is 0.442. The number of aliphatic hydroxyl groups is 1. The summed E-state index contributed by atoms with van der Waals surface area (Å²) in [6, 6.07) is 19.1. The van der Waals surface area contributed by atoms with Gasteiger partial charge in [0.2, 0.25) is 0 Å². The molecule has 6 rings (SSSR count). The normalized spacial score (nSPS) is 18.2. The van der Waals surface area contributed by atoms with E-state index < -0.39 is 6.23 Å². The van der Waals surface area contributed by atoms with Crippen LogP contribution in [0.1, 0.15) is 93.2 Å². The Hall–Kier alpha value is -3.74.